The molecule has 1 atom stereocenters. The fourth-order valence-corrected chi connectivity index (χ4v) is 3.71. The first kappa shape index (κ1) is 27.4. The highest BCUT2D eigenvalue weighted by Gasteiger charge is 2.33. The molecule has 1 aliphatic heterocycles. The number of anilines is 2. The molecule has 15 nitrogen and oxygen atoms in total. The second-order valence-corrected chi connectivity index (χ2v) is 8.72. The number of amides is 1. The standard InChI is InChI=1S/C25H27N9O6/c1-34(2)15-11-12(7-8-13(15)20(26)27)38-22-19-23(39-17(21(37)31-19)9-10-18(35)36)33-25(32-22)40-16-6-4-3-5-14(16)30-24(28)29/h3-8,11,17H,9-10H2,1-2H3,(H3,26,27)(H,31,37)(H,35,36)(H4,28,29,30). The number of nitrogen functional groups attached to an aromatic ring is 1. The van der Waals surface area contributed by atoms with Crippen LogP contribution in [0.2, 0.25) is 0 Å². The Bertz CT molecular complexity index is 1500. The number of nitrogens with zero attached hydrogens (tertiary/aromatic N) is 4. The van der Waals surface area contributed by atoms with Crippen molar-refractivity contribution in [2.24, 2.45) is 22.2 Å². The number of aromatic nitrogens is 2. The summed E-state index contributed by atoms with van der Waals surface area (Å²) in [6.45, 7) is 0. The Morgan fingerprint density at radius 2 is 1.93 bits per heavy atom. The van der Waals surface area contributed by atoms with Gasteiger partial charge in [-0.1, -0.05) is 12.1 Å². The Balaban J connectivity index is 1.77. The largest absolute Gasteiger partial charge is 0.481 e. The molecule has 0 saturated heterocycles. The lowest BCUT2D eigenvalue weighted by molar-refractivity contribution is -0.137. The van der Waals surface area contributed by atoms with Crippen molar-refractivity contribution in [3.63, 3.8) is 0 Å². The number of hydrogen-bond acceptors (Lipinski definition) is 10. The van der Waals surface area contributed by atoms with Crippen molar-refractivity contribution in [2.45, 2.75) is 18.9 Å². The minimum Gasteiger partial charge on any atom is -0.481 e. The molecule has 3 aromatic rings. The minimum absolute atomic E-state index is 0.0171. The Hall–Kier alpha value is -5.60. The van der Waals surface area contributed by atoms with Gasteiger partial charge < -0.3 is 46.7 Å². The number of para-hydroxylation sites is 2. The Morgan fingerprint density at radius 1 is 1.18 bits per heavy atom. The Morgan fingerprint density at radius 3 is 2.60 bits per heavy atom. The summed E-state index contributed by atoms with van der Waals surface area (Å²) in [5, 5.41) is 19.5. The van der Waals surface area contributed by atoms with Gasteiger partial charge in [-0.2, -0.15) is 9.97 Å². The molecule has 208 valence electrons. The third-order valence-electron chi connectivity index (χ3n) is 5.51. The number of carbonyl (C=O) groups is 2. The highest BCUT2D eigenvalue weighted by Crippen LogP contribution is 2.41. The number of benzene rings is 2. The SMILES string of the molecule is CN(C)c1cc(Oc2nc(Oc3ccccc3N=C(N)N)nc3c2NC(=O)C(CCC(=O)O)O3)ccc1C(=N)N. The number of guanidine groups is 1. The topological polar surface area (TPSA) is 237 Å². The lowest BCUT2D eigenvalue weighted by Crippen LogP contribution is -2.38. The predicted molar refractivity (Wildman–Crippen MR) is 146 cm³/mol. The first-order chi connectivity index (χ1) is 19.0. The molecule has 1 amide bonds. The maximum absolute atomic E-state index is 12.7. The van der Waals surface area contributed by atoms with E-state index in [9.17, 15) is 9.59 Å². The molecule has 1 aliphatic rings. The molecular weight excluding hydrogens is 522 g/mol. The van der Waals surface area contributed by atoms with E-state index < -0.39 is 18.0 Å². The van der Waals surface area contributed by atoms with Crippen LogP contribution in [-0.2, 0) is 9.59 Å². The van der Waals surface area contributed by atoms with Crippen molar-refractivity contribution in [3.8, 4) is 29.3 Å². The molecule has 0 spiro atoms. The number of hydrogen-bond donors (Lipinski definition) is 6. The van der Waals surface area contributed by atoms with Gasteiger partial charge in [0.15, 0.2) is 23.5 Å². The normalized spacial score (nSPS) is 13.8. The van der Waals surface area contributed by atoms with E-state index in [4.69, 9.17) is 41.9 Å². The van der Waals surface area contributed by atoms with E-state index in [1.54, 1.807) is 61.5 Å². The third kappa shape index (κ3) is 6.27. The van der Waals surface area contributed by atoms with E-state index in [2.05, 4.69) is 20.3 Å². The van der Waals surface area contributed by atoms with E-state index in [0.29, 0.717) is 22.7 Å². The summed E-state index contributed by atoms with van der Waals surface area (Å²) in [6.07, 6.45) is -1.51. The summed E-state index contributed by atoms with van der Waals surface area (Å²) in [6, 6.07) is 11.2. The molecule has 0 fully saturated rings. The number of ether oxygens (including phenoxy) is 3. The number of carboxylic acids is 1. The van der Waals surface area contributed by atoms with Crippen LogP contribution < -0.4 is 41.6 Å². The zero-order chi connectivity index (χ0) is 29.0. The first-order valence-electron chi connectivity index (χ1n) is 11.8. The van der Waals surface area contributed by atoms with Gasteiger partial charge in [0.1, 0.15) is 17.3 Å². The van der Waals surface area contributed by atoms with Gasteiger partial charge in [-0.05, 0) is 24.3 Å². The van der Waals surface area contributed by atoms with Crippen molar-refractivity contribution in [2.75, 3.05) is 24.3 Å². The van der Waals surface area contributed by atoms with Crippen LogP contribution in [0.3, 0.4) is 0 Å². The van der Waals surface area contributed by atoms with Crippen molar-refractivity contribution < 1.29 is 28.9 Å². The van der Waals surface area contributed by atoms with Gasteiger partial charge in [0.05, 0.1) is 5.69 Å². The average molecular weight is 550 g/mol. The molecule has 9 N–H and O–H groups in total. The number of carbonyl (C=O) groups excluding carboxylic acids is 1. The summed E-state index contributed by atoms with van der Waals surface area (Å²) in [5.41, 5.74) is 18.2. The second-order valence-electron chi connectivity index (χ2n) is 8.72. The third-order valence-corrected chi connectivity index (χ3v) is 5.51. The van der Waals surface area contributed by atoms with Crippen LogP contribution in [-0.4, -0.2) is 58.9 Å². The van der Waals surface area contributed by atoms with Gasteiger partial charge in [-0.25, -0.2) is 4.99 Å². The molecule has 4 rings (SSSR count). The quantitative estimate of drug-likeness (QED) is 0.157. The summed E-state index contributed by atoms with van der Waals surface area (Å²) in [7, 11) is 3.56. The van der Waals surface area contributed by atoms with Crippen molar-refractivity contribution >= 4 is 40.7 Å². The van der Waals surface area contributed by atoms with Gasteiger partial charge in [0.25, 0.3) is 11.8 Å². The van der Waals surface area contributed by atoms with E-state index in [1.165, 1.54) is 0 Å². The summed E-state index contributed by atoms with van der Waals surface area (Å²) in [5.74, 6) is -1.70. The number of amidine groups is 1. The van der Waals surface area contributed by atoms with Crippen LogP contribution >= 0.6 is 0 Å². The van der Waals surface area contributed by atoms with Crippen molar-refractivity contribution in [3.05, 3.63) is 48.0 Å². The van der Waals surface area contributed by atoms with Gasteiger partial charge in [0.2, 0.25) is 5.88 Å². The molecule has 1 aromatic heterocycles. The highest BCUT2D eigenvalue weighted by molar-refractivity contribution is 6.01. The van der Waals surface area contributed by atoms with Crippen molar-refractivity contribution in [1.29, 1.82) is 5.41 Å². The number of nitrogens with two attached hydrogens (primary N) is 3. The highest BCUT2D eigenvalue weighted by atomic mass is 16.5. The van der Waals surface area contributed by atoms with Crippen LogP contribution in [0.25, 0.3) is 0 Å². The molecule has 1 unspecified atom stereocenters. The lowest BCUT2D eigenvalue weighted by atomic mass is 10.1. The summed E-state index contributed by atoms with van der Waals surface area (Å²) >= 11 is 0. The first-order valence-corrected chi connectivity index (χ1v) is 11.8. The molecule has 0 bridgehead atoms. The molecule has 0 radical (unpaired) electrons. The predicted octanol–water partition coefficient (Wildman–Crippen LogP) is 1.88. The molecular formula is C25H27N9O6. The number of nitrogens with one attached hydrogen (secondary N) is 2. The lowest BCUT2D eigenvalue weighted by Gasteiger charge is -2.26. The van der Waals surface area contributed by atoms with Crippen LogP contribution in [0, 0.1) is 5.41 Å². The number of carboxylic acid groups (broad SMARTS) is 1. The number of rotatable bonds is 10. The maximum atomic E-state index is 12.7. The fraction of sp³-hybridized carbons (Fsp3) is 0.200. The zero-order valence-electron chi connectivity index (χ0n) is 21.5. The Kier molecular flexibility index (Phi) is 7.84. The number of fused-ring (bicyclic) bond motifs is 1. The fourth-order valence-electron chi connectivity index (χ4n) is 3.71. The second kappa shape index (κ2) is 11.4. The number of aliphatic imine (C=N–C) groups is 1. The zero-order valence-corrected chi connectivity index (χ0v) is 21.5. The molecule has 0 saturated carbocycles. The monoisotopic (exact) mass is 549 g/mol. The van der Waals surface area contributed by atoms with Crippen LogP contribution in [0.15, 0.2) is 47.5 Å². The average Bonchev–Trinajstić information content (AvgIpc) is 2.88. The van der Waals surface area contributed by atoms with Gasteiger partial charge in [-0.3, -0.25) is 15.0 Å². The number of aliphatic carboxylic acids is 1. The molecule has 40 heavy (non-hydrogen) atoms. The van der Waals surface area contributed by atoms with Gasteiger partial charge in [-0.15, -0.1) is 0 Å². The summed E-state index contributed by atoms with van der Waals surface area (Å²) < 4.78 is 17.7. The van der Waals surface area contributed by atoms with Crippen molar-refractivity contribution in [1.82, 2.24) is 9.97 Å². The minimum atomic E-state index is -1.12. The van der Waals surface area contributed by atoms with Crippen LogP contribution in [0.5, 0.6) is 29.3 Å². The molecule has 0 aliphatic carbocycles. The van der Waals surface area contributed by atoms with Crippen LogP contribution in [0.1, 0.15) is 18.4 Å². The molecule has 2 aromatic carbocycles. The molecule has 15 heteroatoms. The van der Waals surface area contributed by atoms with E-state index >= 15 is 0 Å². The van der Waals surface area contributed by atoms with Crippen LogP contribution in [0.4, 0.5) is 17.1 Å². The van der Waals surface area contributed by atoms with E-state index in [0.717, 1.165) is 0 Å². The summed E-state index contributed by atoms with van der Waals surface area (Å²) in [4.78, 5) is 38.1. The molecule has 2 heterocycles. The van der Waals surface area contributed by atoms with E-state index in [1.807, 2.05) is 0 Å². The van der Waals surface area contributed by atoms with E-state index in [-0.39, 0.29) is 53.8 Å². The smallest absolute Gasteiger partial charge is 0.328 e. The van der Waals surface area contributed by atoms with Gasteiger partial charge >= 0.3 is 12.0 Å². The Labute approximate surface area is 228 Å². The van der Waals surface area contributed by atoms with Gasteiger partial charge in [0, 0.05) is 38.6 Å². The maximum Gasteiger partial charge on any atom is 0.328 e.